The monoisotopic (exact) mass is 341 g/mol. The van der Waals surface area contributed by atoms with Gasteiger partial charge in [0.2, 0.25) is 0 Å². The van der Waals surface area contributed by atoms with Gasteiger partial charge in [-0.2, -0.15) is 0 Å². The molecule has 2 aromatic carbocycles. The summed E-state index contributed by atoms with van der Waals surface area (Å²) in [5.74, 6) is 1.24. The van der Waals surface area contributed by atoms with Crippen molar-refractivity contribution < 1.29 is 13.9 Å². The molecule has 5 heteroatoms. The summed E-state index contributed by atoms with van der Waals surface area (Å²) in [6, 6.07) is 18.0. The van der Waals surface area contributed by atoms with Crippen molar-refractivity contribution in [3.05, 3.63) is 82.8 Å². The number of carbonyl (C=O) groups is 1. The van der Waals surface area contributed by atoms with E-state index in [1.807, 2.05) is 31.2 Å². The van der Waals surface area contributed by atoms with Crippen LogP contribution in [-0.2, 0) is 6.61 Å². The Morgan fingerprint density at radius 1 is 1.04 bits per heavy atom. The minimum Gasteiger partial charge on any atom is -0.486 e. The zero-order valence-electron chi connectivity index (χ0n) is 13.1. The van der Waals surface area contributed by atoms with Crippen LogP contribution >= 0.6 is 11.6 Å². The zero-order chi connectivity index (χ0) is 16.9. The molecule has 3 aromatic rings. The molecule has 0 atom stereocenters. The molecule has 0 radical (unpaired) electrons. The van der Waals surface area contributed by atoms with Crippen molar-refractivity contribution >= 4 is 23.2 Å². The summed E-state index contributed by atoms with van der Waals surface area (Å²) in [6.45, 7) is 2.28. The quantitative estimate of drug-likeness (QED) is 0.704. The molecule has 0 spiro atoms. The van der Waals surface area contributed by atoms with Crippen molar-refractivity contribution in [1.29, 1.82) is 0 Å². The largest absolute Gasteiger partial charge is 0.486 e. The smallest absolute Gasteiger partial charge is 0.291 e. The molecule has 0 aliphatic carbocycles. The Morgan fingerprint density at radius 3 is 2.46 bits per heavy atom. The molecule has 1 amide bonds. The van der Waals surface area contributed by atoms with Gasteiger partial charge in [0.1, 0.15) is 18.1 Å². The van der Waals surface area contributed by atoms with Crippen molar-refractivity contribution in [3.8, 4) is 5.75 Å². The Kier molecular flexibility index (Phi) is 4.87. The van der Waals surface area contributed by atoms with Crippen LogP contribution in [0.25, 0.3) is 0 Å². The number of hydrogen-bond acceptors (Lipinski definition) is 3. The predicted octanol–water partition coefficient (Wildman–Crippen LogP) is 5.07. The third-order valence-electron chi connectivity index (χ3n) is 3.39. The van der Waals surface area contributed by atoms with Gasteiger partial charge < -0.3 is 14.5 Å². The summed E-state index contributed by atoms with van der Waals surface area (Å²) in [4.78, 5) is 12.1. The number of halogens is 1. The fourth-order valence-electron chi connectivity index (χ4n) is 2.09. The minimum absolute atomic E-state index is 0.229. The summed E-state index contributed by atoms with van der Waals surface area (Å²) in [6.07, 6.45) is 0. The average Bonchev–Trinajstić information content (AvgIpc) is 3.06. The van der Waals surface area contributed by atoms with Gasteiger partial charge >= 0.3 is 0 Å². The molecule has 3 rings (SSSR count). The van der Waals surface area contributed by atoms with E-state index in [0.29, 0.717) is 16.5 Å². The van der Waals surface area contributed by atoms with E-state index in [1.165, 1.54) is 5.56 Å². The Balaban J connectivity index is 1.59. The number of hydrogen-bond donors (Lipinski definition) is 1. The van der Waals surface area contributed by atoms with Crippen molar-refractivity contribution in [1.82, 2.24) is 0 Å². The van der Waals surface area contributed by atoms with Gasteiger partial charge in [0, 0.05) is 10.7 Å². The molecule has 0 aliphatic rings. The highest BCUT2D eigenvalue weighted by molar-refractivity contribution is 6.30. The number of amides is 1. The number of benzene rings is 2. The molecule has 1 N–H and O–H groups in total. The Hall–Kier alpha value is -2.72. The molecule has 24 heavy (non-hydrogen) atoms. The number of anilines is 1. The number of nitrogens with one attached hydrogen (secondary N) is 1. The molecule has 1 aromatic heterocycles. The lowest BCUT2D eigenvalue weighted by Crippen LogP contribution is -2.10. The Morgan fingerprint density at radius 2 is 1.75 bits per heavy atom. The summed E-state index contributed by atoms with van der Waals surface area (Å²) in [5, 5.41) is 3.36. The van der Waals surface area contributed by atoms with Gasteiger partial charge in [0.15, 0.2) is 5.76 Å². The summed E-state index contributed by atoms with van der Waals surface area (Å²) in [5.41, 5.74) is 1.82. The molecule has 4 nitrogen and oxygen atoms in total. The van der Waals surface area contributed by atoms with Crippen LogP contribution in [0.2, 0.25) is 5.02 Å². The summed E-state index contributed by atoms with van der Waals surface area (Å²) < 4.78 is 11.2. The Bertz CT molecular complexity index is 823. The minimum atomic E-state index is -0.320. The van der Waals surface area contributed by atoms with Crippen molar-refractivity contribution in [2.75, 3.05) is 5.32 Å². The maximum Gasteiger partial charge on any atom is 0.291 e. The molecule has 0 unspecified atom stereocenters. The highest BCUT2D eigenvalue weighted by Crippen LogP contribution is 2.17. The van der Waals surface area contributed by atoms with E-state index in [1.54, 1.807) is 36.4 Å². The first kappa shape index (κ1) is 16.1. The first-order valence-corrected chi connectivity index (χ1v) is 7.83. The summed E-state index contributed by atoms with van der Waals surface area (Å²) in [7, 11) is 0. The molecular formula is C19H16ClNO3. The van der Waals surface area contributed by atoms with Crippen LogP contribution in [0.3, 0.4) is 0 Å². The third kappa shape index (κ3) is 4.18. The third-order valence-corrected chi connectivity index (χ3v) is 3.64. The van der Waals surface area contributed by atoms with E-state index in [0.717, 1.165) is 5.75 Å². The van der Waals surface area contributed by atoms with Crippen LogP contribution in [0.5, 0.6) is 5.75 Å². The van der Waals surface area contributed by atoms with Crippen molar-refractivity contribution in [2.45, 2.75) is 13.5 Å². The molecular weight excluding hydrogens is 326 g/mol. The normalized spacial score (nSPS) is 10.4. The van der Waals surface area contributed by atoms with Crippen LogP contribution in [0.15, 0.2) is 65.1 Å². The topological polar surface area (TPSA) is 51.5 Å². The molecule has 0 saturated heterocycles. The van der Waals surface area contributed by atoms with Crippen molar-refractivity contribution in [2.24, 2.45) is 0 Å². The van der Waals surface area contributed by atoms with Gasteiger partial charge in [-0.1, -0.05) is 29.3 Å². The maximum atomic E-state index is 12.1. The van der Waals surface area contributed by atoms with E-state index in [9.17, 15) is 4.79 Å². The van der Waals surface area contributed by atoms with Gasteiger partial charge in [-0.05, 0) is 55.5 Å². The van der Waals surface area contributed by atoms with E-state index in [2.05, 4.69) is 5.32 Å². The molecule has 1 heterocycles. The Labute approximate surface area is 145 Å². The first-order valence-electron chi connectivity index (χ1n) is 7.45. The second kappa shape index (κ2) is 7.23. The zero-order valence-corrected chi connectivity index (χ0v) is 13.8. The lowest BCUT2D eigenvalue weighted by Gasteiger charge is -2.05. The highest BCUT2D eigenvalue weighted by atomic mass is 35.5. The SMILES string of the molecule is Cc1ccc(OCc2ccc(C(=O)Nc3ccc(Cl)cc3)o2)cc1. The van der Waals surface area contributed by atoms with E-state index >= 15 is 0 Å². The number of aryl methyl sites for hydroxylation is 1. The number of rotatable bonds is 5. The van der Waals surface area contributed by atoms with Crippen LogP contribution in [-0.4, -0.2) is 5.91 Å². The van der Waals surface area contributed by atoms with Gasteiger partial charge in [0.25, 0.3) is 5.91 Å². The van der Waals surface area contributed by atoms with Gasteiger partial charge in [0.05, 0.1) is 0 Å². The maximum absolute atomic E-state index is 12.1. The fraction of sp³-hybridized carbons (Fsp3) is 0.105. The second-order valence-electron chi connectivity index (χ2n) is 5.33. The van der Waals surface area contributed by atoms with Crippen molar-refractivity contribution in [3.63, 3.8) is 0 Å². The lowest BCUT2D eigenvalue weighted by molar-refractivity contribution is 0.0992. The second-order valence-corrected chi connectivity index (χ2v) is 5.77. The molecule has 0 aliphatic heterocycles. The van der Waals surface area contributed by atoms with E-state index in [4.69, 9.17) is 20.8 Å². The lowest BCUT2D eigenvalue weighted by atomic mass is 10.2. The molecule has 122 valence electrons. The van der Waals surface area contributed by atoms with Gasteiger partial charge in [-0.25, -0.2) is 0 Å². The number of carbonyl (C=O) groups excluding carboxylic acids is 1. The predicted molar refractivity (Wildman–Crippen MR) is 93.6 cm³/mol. The van der Waals surface area contributed by atoms with Gasteiger partial charge in [-0.15, -0.1) is 0 Å². The molecule has 0 bridgehead atoms. The molecule has 0 fully saturated rings. The standard InChI is InChI=1S/C19H16ClNO3/c1-13-2-8-16(9-3-13)23-12-17-10-11-18(24-17)19(22)21-15-6-4-14(20)5-7-15/h2-11H,12H2,1H3,(H,21,22). The van der Waals surface area contributed by atoms with Crippen LogP contribution in [0.4, 0.5) is 5.69 Å². The van der Waals surface area contributed by atoms with Gasteiger partial charge in [-0.3, -0.25) is 4.79 Å². The number of ether oxygens (including phenoxy) is 1. The molecule has 0 saturated carbocycles. The highest BCUT2D eigenvalue weighted by Gasteiger charge is 2.12. The fourth-order valence-corrected chi connectivity index (χ4v) is 2.22. The van der Waals surface area contributed by atoms with E-state index < -0.39 is 0 Å². The van der Waals surface area contributed by atoms with Crippen LogP contribution in [0, 0.1) is 6.92 Å². The van der Waals surface area contributed by atoms with E-state index in [-0.39, 0.29) is 18.3 Å². The first-order chi connectivity index (χ1) is 11.6. The van der Waals surface area contributed by atoms with Crippen LogP contribution < -0.4 is 10.1 Å². The van der Waals surface area contributed by atoms with Crippen LogP contribution in [0.1, 0.15) is 21.9 Å². The summed E-state index contributed by atoms with van der Waals surface area (Å²) >= 11 is 5.82. The average molecular weight is 342 g/mol. The number of furan rings is 1.